The molecule has 1 heterocycles. The number of halogens is 1. The highest BCUT2D eigenvalue weighted by atomic mass is 79.9. The maximum absolute atomic E-state index is 11.6. The molecule has 0 atom stereocenters. The Morgan fingerprint density at radius 1 is 1.57 bits per heavy atom. The number of amides is 1. The van der Waals surface area contributed by atoms with Crippen LogP contribution in [0.5, 0.6) is 0 Å². The Morgan fingerprint density at radius 3 is 2.64 bits per heavy atom. The first-order valence-corrected chi connectivity index (χ1v) is 5.60. The van der Waals surface area contributed by atoms with Crippen LogP contribution in [-0.2, 0) is 4.79 Å². The Hall–Kier alpha value is -0.680. The van der Waals surface area contributed by atoms with Gasteiger partial charge in [0.2, 0.25) is 0 Å². The van der Waals surface area contributed by atoms with Crippen molar-refractivity contribution in [2.75, 3.05) is 0 Å². The van der Waals surface area contributed by atoms with Gasteiger partial charge in [-0.3, -0.25) is 4.79 Å². The third kappa shape index (κ3) is 2.92. The molecular formula is C9H10BrNO2S. The zero-order valence-corrected chi connectivity index (χ0v) is 10.2. The molecule has 1 rings (SSSR count). The van der Waals surface area contributed by atoms with Crippen LogP contribution in [0.25, 0.3) is 0 Å². The van der Waals surface area contributed by atoms with E-state index in [1.807, 2.05) is 0 Å². The summed E-state index contributed by atoms with van der Waals surface area (Å²) in [5, 5.41) is 2.62. The molecule has 0 saturated carbocycles. The highest BCUT2D eigenvalue weighted by Gasteiger charge is 2.20. The average molecular weight is 276 g/mol. The third-order valence-corrected chi connectivity index (χ3v) is 3.15. The lowest BCUT2D eigenvalue weighted by atomic mass is 10.1. The van der Waals surface area contributed by atoms with Crippen LogP contribution in [-0.4, -0.2) is 17.7 Å². The molecule has 0 spiro atoms. The van der Waals surface area contributed by atoms with Crippen LogP contribution in [0, 0.1) is 0 Å². The smallest absolute Gasteiger partial charge is 0.262 e. The molecule has 0 fully saturated rings. The maximum atomic E-state index is 11.6. The number of carbonyl (C=O) groups is 2. The van der Waals surface area contributed by atoms with Crippen LogP contribution in [0.2, 0.25) is 0 Å². The molecule has 1 N–H and O–H groups in total. The Kier molecular flexibility index (Phi) is 3.44. The molecule has 76 valence electrons. The van der Waals surface area contributed by atoms with Gasteiger partial charge in [0.25, 0.3) is 5.91 Å². The summed E-state index contributed by atoms with van der Waals surface area (Å²) in [6, 6.07) is 3.51. The molecule has 0 bridgehead atoms. The first-order valence-electron chi connectivity index (χ1n) is 3.99. The summed E-state index contributed by atoms with van der Waals surface area (Å²) in [7, 11) is 0. The molecule has 0 unspecified atom stereocenters. The van der Waals surface area contributed by atoms with Crippen LogP contribution in [0.1, 0.15) is 23.5 Å². The fourth-order valence-corrected chi connectivity index (χ4v) is 2.10. The predicted octanol–water partition coefficient (Wildman–Crippen LogP) is 2.22. The van der Waals surface area contributed by atoms with Crippen LogP contribution in [0.4, 0.5) is 0 Å². The van der Waals surface area contributed by atoms with E-state index in [9.17, 15) is 9.59 Å². The van der Waals surface area contributed by atoms with Gasteiger partial charge in [0, 0.05) is 0 Å². The molecule has 1 aromatic heterocycles. The van der Waals surface area contributed by atoms with Crippen molar-refractivity contribution in [1.29, 1.82) is 0 Å². The maximum Gasteiger partial charge on any atom is 0.262 e. The van der Waals surface area contributed by atoms with Gasteiger partial charge in [0.1, 0.15) is 6.29 Å². The summed E-state index contributed by atoms with van der Waals surface area (Å²) < 4.78 is 0.895. The minimum absolute atomic E-state index is 0.224. The van der Waals surface area contributed by atoms with Crippen LogP contribution >= 0.6 is 27.3 Å². The van der Waals surface area contributed by atoms with Gasteiger partial charge in [-0.1, -0.05) is 0 Å². The van der Waals surface area contributed by atoms with E-state index in [0.717, 1.165) is 3.79 Å². The molecule has 0 radical (unpaired) electrons. The number of hydrogen-bond donors (Lipinski definition) is 1. The van der Waals surface area contributed by atoms with Crippen molar-refractivity contribution in [2.45, 2.75) is 19.4 Å². The SMILES string of the molecule is CC(C)(C=O)NC(=O)c1ccc(Br)s1. The predicted molar refractivity (Wildman–Crippen MR) is 59.6 cm³/mol. The van der Waals surface area contributed by atoms with E-state index in [1.54, 1.807) is 26.0 Å². The summed E-state index contributed by atoms with van der Waals surface area (Å²) >= 11 is 4.60. The van der Waals surface area contributed by atoms with Gasteiger partial charge in [0.05, 0.1) is 14.2 Å². The number of hydrogen-bond acceptors (Lipinski definition) is 3. The lowest BCUT2D eigenvalue weighted by molar-refractivity contribution is -0.112. The van der Waals surface area contributed by atoms with Crippen molar-refractivity contribution in [1.82, 2.24) is 5.32 Å². The number of thiophene rings is 1. The lowest BCUT2D eigenvalue weighted by Gasteiger charge is -2.17. The van der Waals surface area contributed by atoms with Gasteiger partial charge in [-0.15, -0.1) is 11.3 Å². The number of aldehydes is 1. The second-order valence-electron chi connectivity index (χ2n) is 3.40. The third-order valence-electron chi connectivity index (χ3n) is 1.53. The van der Waals surface area contributed by atoms with Gasteiger partial charge in [-0.05, 0) is 41.9 Å². The first-order chi connectivity index (χ1) is 6.44. The van der Waals surface area contributed by atoms with E-state index in [2.05, 4.69) is 21.2 Å². The van der Waals surface area contributed by atoms with E-state index >= 15 is 0 Å². The van der Waals surface area contributed by atoms with Gasteiger partial charge < -0.3 is 10.1 Å². The summed E-state index contributed by atoms with van der Waals surface area (Å²) in [6.45, 7) is 3.31. The largest absolute Gasteiger partial charge is 0.340 e. The summed E-state index contributed by atoms with van der Waals surface area (Å²) in [5.41, 5.74) is -0.812. The van der Waals surface area contributed by atoms with E-state index < -0.39 is 5.54 Å². The fourth-order valence-electron chi connectivity index (χ4n) is 0.820. The molecule has 5 heteroatoms. The van der Waals surface area contributed by atoms with E-state index in [4.69, 9.17) is 0 Å². The fraction of sp³-hybridized carbons (Fsp3) is 0.333. The van der Waals surface area contributed by atoms with Crippen molar-refractivity contribution >= 4 is 39.5 Å². The van der Waals surface area contributed by atoms with Gasteiger partial charge in [-0.25, -0.2) is 0 Å². The number of rotatable bonds is 3. The zero-order valence-electron chi connectivity index (χ0n) is 7.83. The Morgan fingerprint density at radius 2 is 2.21 bits per heavy atom. The van der Waals surface area contributed by atoms with Crippen LogP contribution in [0.15, 0.2) is 15.9 Å². The van der Waals surface area contributed by atoms with Gasteiger partial charge in [-0.2, -0.15) is 0 Å². The normalized spacial score (nSPS) is 11.1. The second-order valence-corrected chi connectivity index (χ2v) is 5.86. The van der Waals surface area contributed by atoms with Gasteiger partial charge in [0.15, 0.2) is 0 Å². The summed E-state index contributed by atoms with van der Waals surface area (Å²) in [5.74, 6) is -0.224. The Balaban J connectivity index is 2.73. The quantitative estimate of drug-likeness (QED) is 0.860. The van der Waals surface area contributed by atoms with Crippen LogP contribution in [0.3, 0.4) is 0 Å². The summed E-state index contributed by atoms with van der Waals surface area (Å²) in [6.07, 6.45) is 0.716. The summed E-state index contributed by atoms with van der Waals surface area (Å²) in [4.78, 5) is 22.7. The van der Waals surface area contributed by atoms with Crippen molar-refractivity contribution in [3.05, 3.63) is 20.8 Å². The monoisotopic (exact) mass is 275 g/mol. The minimum atomic E-state index is -0.812. The average Bonchev–Trinajstić information content (AvgIpc) is 2.51. The molecule has 3 nitrogen and oxygen atoms in total. The topological polar surface area (TPSA) is 46.2 Å². The molecule has 1 aromatic rings. The molecule has 0 aliphatic carbocycles. The lowest BCUT2D eigenvalue weighted by Crippen LogP contribution is -2.44. The molecular weight excluding hydrogens is 266 g/mol. The molecule has 0 aliphatic heterocycles. The Labute approximate surface area is 94.6 Å². The second kappa shape index (κ2) is 4.23. The standard InChI is InChI=1S/C9H10BrNO2S/c1-9(2,5-12)11-8(13)6-3-4-7(10)14-6/h3-5H,1-2H3,(H,11,13). The highest BCUT2D eigenvalue weighted by molar-refractivity contribution is 9.11. The van der Waals surface area contributed by atoms with E-state index in [-0.39, 0.29) is 5.91 Å². The van der Waals surface area contributed by atoms with Crippen molar-refractivity contribution in [3.63, 3.8) is 0 Å². The van der Waals surface area contributed by atoms with E-state index in [0.29, 0.717) is 11.2 Å². The molecule has 0 saturated heterocycles. The first kappa shape index (κ1) is 11.4. The van der Waals surface area contributed by atoms with Crippen LogP contribution < -0.4 is 5.32 Å². The molecule has 0 aromatic carbocycles. The highest BCUT2D eigenvalue weighted by Crippen LogP contribution is 2.22. The van der Waals surface area contributed by atoms with Crippen molar-refractivity contribution < 1.29 is 9.59 Å². The zero-order chi connectivity index (χ0) is 10.8. The molecule has 0 aliphatic rings. The van der Waals surface area contributed by atoms with E-state index in [1.165, 1.54) is 11.3 Å². The van der Waals surface area contributed by atoms with Gasteiger partial charge >= 0.3 is 0 Å². The molecule has 14 heavy (non-hydrogen) atoms. The van der Waals surface area contributed by atoms with Crippen molar-refractivity contribution in [2.24, 2.45) is 0 Å². The molecule has 1 amide bonds. The number of nitrogens with one attached hydrogen (secondary N) is 1. The Bertz CT molecular complexity index is 359. The number of carbonyl (C=O) groups excluding carboxylic acids is 2. The van der Waals surface area contributed by atoms with Crippen molar-refractivity contribution in [3.8, 4) is 0 Å². The minimum Gasteiger partial charge on any atom is -0.340 e.